The van der Waals surface area contributed by atoms with Crippen LogP contribution in [0.4, 0.5) is 5.82 Å². The normalized spacial score (nSPS) is 15.4. The van der Waals surface area contributed by atoms with Crippen LogP contribution in [-0.2, 0) is 4.79 Å². The van der Waals surface area contributed by atoms with Crippen LogP contribution in [0.3, 0.4) is 0 Å². The van der Waals surface area contributed by atoms with E-state index in [9.17, 15) is 4.79 Å². The number of aromatic nitrogens is 1. The van der Waals surface area contributed by atoms with Crippen molar-refractivity contribution in [2.24, 2.45) is 5.92 Å². The van der Waals surface area contributed by atoms with Crippen molar-refractivity contribution in [3.05, 3.63) is 35.9 Å². The van der Waals surface area contributed by atoms with Gasteiger partial charge in [-0.3, -0.25) is 4.79 Å². The third kappa shape index (κ3) is 2.03. The first-order valence-corrected chi connectivity index (χ1v) is 6.52. The van der Waals surface area contributed by atoms with Crippen LogP contribution in [0.5, 0.6) is 0 Å². The molecule has 1 aliphatic heterocycles. The van der Waals surface area contributed by atoms with E-state index in [1.165, 1.54) is 10.9 Å². The zero-order valence-corrected chi connectivity index (χ0v) is 11.2. The van der Waals surface area contributed by atoms with Crippen LogP contribution in [0.15, 0.2) is 30.3 Å². The van der Waals surface area contributed by atoms with Gasteiger partial charge in [-0.2, -0.15) is 0 Å². The van der Waals surface area contributed by atoms with Gasteiger partial charge in [0.2, 0.25) is 5.91 Å². The molecule has 4 heteroatoms. The molecule has 0 bridgehead atoms. The molecule has 1 aliphatic rings. The van der Waals surface area contributed by atoms with Crippen LogP contribution in [0, 0.1) is 12.8 Å². The monoisotopic (exact) mass is 255 g/mol. The lowest BCUT2D eigenvalue weighted by molar-refractivity contribution is -0.125. The molecule has 1 N–H and O–H groups in total. The highest BCUT2D eigenvalue weighted by molar-refractivity contribution is 5.85. The number of aryl methyl sites for hydroxylation is 1. The number of anilines is 1. The van der Waals surface area contributed by atoms with E-state index in [0.717, 1.165) is 24.4 Å². The van der Waals surface area contributed by atoms with Crippen molar-refractivity contribution in [3.8, 4) is 0 Å². The van der Waals surface area contributed by atoms with Gasteiger partial charge < -0.3 is 10.2 Å². The Balaban J connectivity index is 1.85. The largest absolute Gasteiger partial charge is 0.359 e. The smallest absolute Gasteiger partial charge is 0.226 e. The van der Waals surface area contributed by atoms with E-state index < -0.39 is 0 Å². The van der Waals surface area contributed by atoms with Crippen LogP contribution < -0.4 is 10.2 Å². The summed E-state index contributed by atoms with van der Waals surface area (Å²) < 4.78 is 0. The zero-order chi connectivity index (χ0) is 13.4. The number of nitrogens with zero attached hydrogens (tertiary/aromatic N) is 2. The number of rotatable bonds is 2. The molecule has 2 heterocycles. The summed E-state index contributed by atoms with van der Waals surface area (Å²) in [5.74, 6) is 1.18. The molecule has 0 unspecified atom stereocenters. The van der Waals surface area contributed by atoms with Gasteiger partial charge in [0, 0.05) is 25.5 Å². The number of nitrogens with one attached hydrogen (secondary N) is 1. The fourth-order valence-corrected chi connectivity index (χ4v) is 2.53. The van der Waals surface area contributed by atoms with E-state index in [2.05, 4.69) is 34.3 Å². The summed E-state index contributed by atoms with van der Waals surface area (Å²) in [6.45, 7) is 3.61. The summed E-state index contributed by atoms with van der Waals surface area (Å²) in [4.78, 5) is 18.3. The molecule has 0 spiro atoms. The molecule has 1 aromatic heterocycles. The number of carbonyl (C=O) groups excluding carboxylic acids is 1. The second-order valence-electron chi connectivity index (χ2n) is 5.03. The summed E-state index contributed by atoms with van der Waals surface area (Å²) in [6.07, 6.45) is 0. The van der Waals surface area contributed by atoms with E-state index in [4.69, 9.17) is 0 Å². The molecule has 19 heavy (non-hydrogen) atoms. The quantitative estimate of drug-likeness (QED) is 0.889. The predicted octanol–water partition coefficient (Wildman–Crippen LogP) is 1.73. The highest BCUT2D eigenvalue weighted by atomic mass is 16.1. The van der Waals surface area contributed by atoms with Gasteiger partial charge in [-0.15, -0.1) is 0 Å². The Morgan fingerprint density at radius 3 is 2.84 bits per heavy atom. The number of benzene rings is 1. The Morgan fingerprint density at radius 1 is 1.37 bits per heavy atom. The second kappa shape index (κ2) is 4.53. The maximum atomic E-state index is 11.5. The van der Waals surface area contributed by atoms with Crippen molar-refractivity contribution in [2.45, 2.75) is 6.92 Å². The number of fused-ring (bicyclic) bond motifs is 1. The Bertz CT molecular complexity index is 632. The fourth-order valence-electron chi connectivity index (χ4n) is 2.53. The van der Waals surface area contributed by atoms with Gasteiger partial charge in [0.15, 0.2) is 0 Å². The molecule has 1 aromatic carbocycles. The summed E-state index contributed by atoms with van der Waals surface area (Å²) in [5.41, 5.74) is 2.24. The molecule has 1 amide bonds. The summed E-state index contributed by atoms with van der Waals surface area (Å²) in [6, 6.07) is 10.2. The van der Waals surface area contributed by atoms with Crippen LogP contribution in [0.2, 0.25) is 0 Å². The topological polar surface area (TPSA) is 45.2 Å². The van der Waals surface area contributed by atoms with Gasteiger partial charge in [0.05, 0.1) is 11.4 Å². The Morgan fingerprint density at radius 2 is 2.11 bits per heavy atom. The van der Waals surface area contributed by atoms with Gasteiger partial charge in [0.25, 0.3) is 0 Å². The standard InChI is InChI=1S/C15H17N3O/c1-10-7-14(17-13-6-4-3-5-12(10)13)18-8-11(9-18)15(19)16-2/h3-7,11H,8-9H2,1-2H3,(H,16,19). The number of para-hydroxylation sites is 1. The van der Waals surface area contributed by atoms with Crippen molar-refractivity contribution in [3.63, 3.8) is 0 Å². The first kappa shape index (κ1) is 12.0. The molecule has 3 rings (SSSR count). The maximum absolute atomic E-state index is 11.5. The lowest BCUT2D eigenvalue weighted by atomic mass is 9.99. The molecule has 0 saturated carbocycles. The molecule has 98 valence electrons. The van der Waals surface area contributed by atoms with Crippen LogP contribution in [-0.4, -0.2) is 31.0 Å². The minimum absolute atomic E-state index is 0.0959. The first-order valence-electron chi connectivity index (χ1n) is 6.52. The first-order chi connectivity index (χ1) is 9.19. The van der Waals surface area contributed by atoms with Gasteiger partial charge in [-0.25, -0.2) is 4.98 Å². The summed E-state index contributed by atoms with van der Waals surface area (Å²) in [7, 11) is 1.68. The van der Waals surface area contributed by atoms with Crippen molar-refractivity contribution >= 4 is 22.6 Å². The Kier molecular flexibility index (Phi) is 2.85. The van der Waals surface area contributed by atoms with Crippen molar-refractivity contribution in [1.82, 2.24) is 10.3 Å². The van der Waals surface area contributed by atoms with Crippen molar-refractivity contribution in [1.29, 1.82) is 0 Å². The van der Waals surface area contributed by atoms with Gasteiger partial charge in [-0.1, -0.05) is 18.2 Å². The average molecular weight is 255 g/mol. The molecule has 1 fully saturated rings. The van der Waals surface area contributed by atoms with Crippen molar-refractivity contribution < 1.29 is 4.79 Å². The Hall–Kier alpha value is -2.10. The third-order valence-corrected chi connectivity index (χ3v) is 3.73. The van der Waals surface area contributed by atoms with Crippen LogP contribution in [0.25, 0.3) is 10.9 Å². The molecular formula is C15H17N3O. The van der Waals surface area contributed by atoms with Gasteiger partial charge >= 0.3 is 0 Å². The number of carbonyl (C=O) groups is 1. The van der Waals surface area contributed by atoms with Crippen molar-refractivity contribution in [2.75, 3.05) is 25.0 Å². The molecule has 2 aromatic rings. The minimum atomic E-state index is 0.0959. The lowest BCUT2D eigenvalue weighted by Crippen LogP contribution is -2.53. The molecule has 0 atom stereocenters. The van der Waals surface area contributed by atoms with Crippen LogP contribution >= 0.6 is 0 Å². The number of hydrogen-bond donors (Lipinski definition) is 1. The predicted molar refractivity (Wildman–Crippen MR) is 76.2 cm³/mol. The molecule has 0 aliphatic carbocycles. The Labute approximate surface area is 112 Å². The number of amides is 1. The summed E-state index contributed by atoms with van der Waals surface area (Å²) in [5, 5.41) is 3.88. The highest BCUT2D eigenvalue weighted by Crippen LogP contribution is 2.27. The van der Waals surface area contributed by atoms with Gasteiger partial charge in [0.1, 0.15) is 5.82 Å². The molecule has 0 radical (unpaired) electrons. The maximum Gasteiger partial charge on any atom is 0.226 e. The summed E-state index contributed by atoms with van der Waals surface area (Å²) >= 11 is 0. The third-order valence-electron chi connectivity index (χ3n) is 3.73. The fraction of sp³-hybridized carbons (Fsp3) is 0.333. The van der Waals surface area contributed by atoms with E-state index in [1.807, 2.05) is 18.2 Å². The lowest BCUT2D eigenvalue weighted by Gasteiger charge is -2.39. The van der Waals surface area contributed by atoms with Crippen LogP contribution in [0.1, 0.15) is 5.56 Å². The number of hydrogen-bond acceptors (Lipinski definition) is 3. The highest BCUT2D eigenvalue weighted by Gasteiger charge is 2.32. The minimum Gasteiger partial charge on any atom is -0.359 e. The van der Waals surface area contributed by atoms with E-state index >= 15 is 0 Å². The van der Waals surface area contributed by atoms with Gasteiger partial charge in [-0.05, 0) is 24.6 Å². The molecule has 4 nitrogen and oxygen atoms in total. The number of pyridine rings is 1. The average Bonchev–Trinajstić information content (AvgIpc) is 2.37. The van der Waals surface area contributed by atoms with E-state index in [-0.39, 0.29) is 11.8 Å². The zero-order valence-electron chi connectivity index (χ0n) is 11.2. The van der Waals surface area contributed by atoms with E-state index in [1.54, 1.807) is 7.05 Å². The SMILES string of the molecule is CNC(=O)C1CN(c2cc(C)c3ccccc3n2)C1. The van der Waals surface area contributed by atoms with E-state index in [0.29, 0.717) is 0 Å². The second-order valence-corrected chi connectivity index (χ2v) is 5.03. The molecule has 1 saturated heterocycles. The molecular weight excluding hydrogens is 238 g/mol.